The number of benzene rings is 2. The zero-order chi connectivity index (χ0) is 20.2. The van der Waals surface area contributed by atoms with Crippen LogP contribution in [0.5, 0.6) is 5.75 Å². The molecule has 5 nitrogen and oxygen atoms in total. The van der Waals surface area contributed by atoms with E-state index in [0.717, 1.165) is 45.3 Å². The number of aryl methyl sites for hydroxylation is 1. The lowest BCUT2D eigenvalue weighted by molar-refractivity contribution is 0.415. The van der Waals surface area contributed by atoms with Crippen LogP contribution in [0.4, 0.5) is 0 Å². The number of hydrogen-bond donors (Lipinski definition) is 0. The molecule has 0 bridgehead atoms. The first-order valence-electron chi connectivity index (χ1n) is 9.40. The highest BCUT2D eigenvalue weighted by atomic mass is 32.2. The van der Waals surface area contributed by atoms with E-state index in [2.05, 4.69) is 58.3 Å². The summed E-state index contributed by atoms with van der Waals surface area (Å²) in [7, 11) is 1.67. The molecule has 2 aromatic heterocycles. The highest BCUT2D eigenvalue weighted by Gasteiger charge is 2.15. The highest BCUT2D eigenvalue weighted by Crippen LogP contribution is 2.31. The van der Waals surface area contributed by atoms with Gasteiger partial charge in [0.05, 0.1) is 12.8 Å². The first kappa shape index (κ1) is 19.7. The van der Waals surface area contributed by atoms with Gasteiger partial charge in [-0.2, -0.15) is 0 Å². The molecule has 0 saturated heterocycles. The number of nitrogens with zero attached hydrogens (tertiary/aromatic N) is 4. The first-order valence-corrected chi connectivity index (χ1v) is 11.3. The molecule has 0 amide bonds. The molecule has 0 atom stereocenters. The minimum absolute atomic E-state index is 0.763. The molecule has 0 aliphatic carbocycles. The van der Waals surface area contributed by atoms with E-state index >= 15 is 0 Å². The van der Waals surface area contributed by atoms with Gasteiger partial charge in [-0.25, -0.2) is 4.98 Å². The molecule has 0 spiro atoms. The van der Waals surface area contributed by atoms with Gasteiger partial charge < -0.3 is 9.30 Å². The molecule has 7 heteroatoms. The quantitative estimate of drug-likeness (QED) is 0.358. The number of aromatic nitrogens is 4. The maximum absolute atomic E-state index is 5.34. The van der Waals surface area contributed by atoms with Crippen molar-refractivity contribution in [3.8, 4) is 27.7 Å². The van der Waals surface area contributed by atoms with Crippen molar-refractivity contribution >= 4 is 23.1 Å². The van der Waals surface area contributed by atoms with Gasteiger partial charge in [-0.15, -0.1) is 21.5 Å². The number of hydrogen-bond acceptors (Lipinski definition) is 6. The lowest BCUT2D eigenvalue weighted by Gasteiger charge is -2.08. The van der Waals surface area contributed by atoms with Gasteiger partial charge in [-0.05, 0) is 31.5 Å². The van der Waals surface area contributed by atoms with Crippen LogP contribution in [0.15, 0.2) is 59.1 Å². The number of methoxy groups -OCH3 is 1. The molecule has 2 heterocycles. The Morgan fingerprint density at radius 3 is 2.76 bits per heavy atom. The number of ether oxygens (including phenoxy) is 1. The highest BCUT2D eigenvalue weighted by molar-refractivity contribution is 7.98. The molecule has 0 fully saturated rings. The van der Waals surface area contributed by atoms with Crippen molar-refractivity contribution in [2.24, 2.45) is 0 Å². The largest absolute Gasteiger partial charge is 0.497 e. The summed E-state index contributed by atoms with van der Waals surface area (Å²) in [5.41, 5.74) is 4.51. The van der Waals surface area contributed by atoms with Crippen LogP contribution in [0.3, 0.4) is 0 Å². The second-order valence-electron chi connectivity index (χ2n) is 6.53. The second kappa shape index (κ2) is 8.80. The summed E-state index contributed by atoms with van der Waals surface area (Å²) in [5, 5.41) is 12.9. The minimum Gasteiger partial charge on any atom is -0.497 e. The fourth-order valence-corrected chi connectivity index (χ4v) is 5.01. The molecule has 0 aliphatic heterocycles. The summed E-state index contributed by atoms with van der Waals surface area (Å²) in [6, 6.07) is 16.3. The first-order chi connectivity index (χ1) is 14.2. The topological polar surface area (TPSA) is 52.8 Å². The molecular formula is C22H22N4OS2. The SMILES string of the molecule is CCn1c(SCc2csc(-c3ccccc3C)n2)nnc1-c1cccc(OC)c1. The van der Waals surface area contributed by atoms with E-state index in [1.165, 1.54) is 11.1 Å². The Bertz CT molecular complexity index is 1120. The molecule has 4 rings (SSSR count). The normalized spacial score (nSPS) is 11.0. The Hall–Kier alpha value is -2.64. The van der Waals surface area contributed by atoms with Gasteiger partial charge >= 0.3 is 0 Å². The predicted molar refractivity (Wildman–Crippen MR) is 120 cm³/mol. The Balaban J connectivity index is 1.52. The summed E-state index contributed by atoms with van der Waals surface area (Å²) < 4.78 is 7.47. The van der Waals surface area contributed by atoms with E-state index < -0.39 is 0 Å². The van der Waals surface area contributed by atoms with Crippen LogP contribution in [0.25, 0.3) is 22.0 Å². The summed E-state index contributed by atoms with van der Waals surface area (Å²) >= 11 is 3.35. The van der Waals surface area contributed by atoms with E-state index in [1.807, 2.05) is 24.3 Å². The van der Waals surface area contributed by atoms with Crippen molar-refractivity contribution in [1.82, 2.24) is 19.7 Å². The van der Waals surface area contributed by atoms with E-state index in [-0.39, 0.29) is 0 Å². The maximum Gasteiger partial charge on any atom is 0.191 e. The fraction of sp³-hybridized carbons (Fsp3) is 0.227. The average Bonchev–Trinajstić information content (AvgIpc) is 3.39. The monoisotopic (exact) mass is 422 g/mol. The lowest BCUT2D eigenvalue weighted by Crippen LogP contribution is -2.00. The third kappa shape index (κ3) is 4.21. The predicted octanol–water partition coefficient (Wildman–Crippen LogP) is 5.70. The third-order valence-electron chi connectivity index (χ3n) is 4.64. The van der Waals surface area contributed by atoms with Crippen LogP contribution in [0, 0.1) is 6.92 Å². The van der Waals surface area contributed by atoms with Gasteiger partial charge in [0.1, 0.15) is 10.8 Å². The van der Waals surface area contributed by atoms with Crippen LogP contribution >= 0.6 is 23.1 Å². The van der Waals surface area contributed by atoms with Crippen molar-refractivity contribution in [2.45, 2.75) is 31.3 Å². The van der Waals surface area contributed by atoms with Gasteiger partial charge in [0.25, 0.3) is 0 Å². The van der Waals surface area contributed by atoms with Crippen molar-refractivity contribution in [3.05, 3.63) is 65.2 Å². The van der Waals surface area contributed by atoms with Gasteiger partial charge in [0, 0.05) is 28.8 Å². The summed E-state index contributed by atoms with van der Waals surface area (Å²) in [6.45, 7) is 5.03. The van der Waals surface area contributed by atoms with Gasteiger partial charge in [0.2, 0.25) is 0 Å². The number of rotatable bonds is 7. The molecule has 0 saturated carbocycles. The summed E-state index contributed by atoms with van der Waals surface area (Å²) in [6.07, 6.45) is 0. The molecular weight excluding hydrogens is 400 g/mol. The van der Waals surface area contributed by atoms with Crippen molar-refractivity contribution in [1.29, 1.82) is 0 Å². The molecule has 29 heavy (non-hydrogen) atoms. The maximum atomic E-state index is 5.34. The van der Waals surface area contributed by atoms with Crippen molar-refractivity contribution in [3.63, 3.8) is 0 Å². The standard InChI is InChI=1S/C22H22N4OS2/c1-4-26-20(16-9-7-10-18(12-16)27-3)24-25-22(26)29-14-17-13-28-21(23-17)19-11-6-5-8-15(19)2/h5-13H,4,14H2,1-3H3. The van der Waals surface area contributed by atoms with Gasteiger partial charge in [-0.3, -0.25) is 0 Å². The van der Waals surface area contributed by atoms with E-state index in [4.69, 9.17) is 9.72 Å². The molecule has 4 aromatic rings. The van der Waals surface area contributed by atoms with Crippen molar-refractivity contribution in [2.75, 3.05) is 7.11 Å². The molecule has 0 aliphatic rings. The van der Waals surface area contributed by atoms with Crippen LogP contribution < -0.4 is 4.74 Å². The van der Waals surface area contributed by atoms with Crippen LogP contribution in [-0.4, -0.2) is 26.9 Å². The van der Waals surface area contributed by atoms with E-state index in [9.17, 15) is 0 Å². The third-order valence-corrected chi connectivity index (χ3v) is 6.56. The Morgan fingerprint density at radius 2 is 1.97 bits per heavy atom. The molecule has 148 valence electrons. The van der Waals surface area contributed by atoms with E-state index in [0.29, 0.717) is 0 Å². The van der Waals surface area contributed by atoms with Crippen LogP contribution in [0.2, 0.25) is 0 Å². The van der Waals surface area contributed by atoms with E-state index in [1.54, 1.807) is 30.2 Å². The van der Waals surface area contributed by atoms with Crippen molar-refractivity contribution < 1.29 is 4.74 Å². The zero-order valence-electron chi connectivity index (χ0n) is 16.6. The Kier molecular flexibility index (Phi) is 5.97. The molecule has 0 N–H and O–H groups in total. The minimum atomic E-state index is 0.763. The van der Waals surface area contributed by atoms with Crippen LogP contribution in [-0.2, 0) is 12.3 Å². The molecule has 2 aromatic carbocycles. The molecule has 0 unspecified atom stereocenters. The molecule has 0 radical (unpaired) electrons. The lowest BCUT2D eigenvalue weighted by atomic mass is 10.1. The number of thiazole rings is 1. The Labute approximate surface area is 178 Å². The fourth-order valence-electron chi connectivity index (χ4n) is 3.10. The number of thioether (sulfide) groups is 1. The smallest absolute Gasteiger partial charge is 0.191 e. The van der Waals surface area contributed by atoms with Gasteiger partial charge in [-0.1, -0.05) is 48.2 Å². The summed E-state index contributed by atoms with van der Waals surface area (Å²) in [4.78, 5) is 4.82. The van der Waals surface area contributed by atoms with Gasteiger partial charge in [0.15, 0.2) is 11.0 Å². The Morgan fingerprint density at radius 1 is 1.10 bits per heavy atom. The zero-order valence-corrected chi connectivity index (χ0v) is 18.3. The summed E-state index contributed by atoms with van der Waals surface area (Å²) in [5.74, 6) is 2.43. The average molecular weight is 423 g/mol. The van der Waals surface area contributed by atoms with Crippen LogP contribution in [0.1, 0.15) is 18.2 Å². The second-order valence-corrected chi connectivity index (χ2v) is 8.33.